The Labute approximate surface area is 101 Å². The van der Waals surface area contributed by atoms with Crippen molar-refractivity contribution in [3.05, 3.63) is 38.8 Å². The third-order valence-corrected chi connectivity index (χ3v) is 2.57. The summed E-state index contributed by atoms with van der Waals surface area (Å²) in [6.07, 6.45) is 3.30. The Morgan fingerprint density at radius 1 is 1.41 bits per heavy atom. The number of fused-ring (bicyclic) bond motifs is 1. The highest BCUT2D eigenvalue weighted by molar-refractivity contribution is 6.28. The number of aromatic amines is 2. The Hall–Kier alpha value is -1.82. The second-order valence-corrected chi connectivity index (χ2v) is 3.93. The topological polar surface area (TPSA) is 83.5 Å². The van der Waals surface area contributed by atoms with Gasteiger partial charge in [0, 0.05) is 6.54 Å². The molecule has 0 amide bonds. The number of hydrogen-bond acceptors (Lipinski definition) is 3. The molecule has 0 aliphatic carbocycles. The number of aryl methyl sites for hydroxylation is 1. The number of unbranched alkanes of at least 4 members (excludes halogenated alkanes) is 1. The molecule has 7 heteroatoms. The molecule has 6 nitrogen and oxygen atoms in total. The Kier molecular flexibility index (Phi) is 3.14. The number of H-pyrrole nitrogens is 2. The van der Waals surface area contributed by atoms with Crippen molar-refractivity contribution in [3.63, 3.8) is 0 Å². The van der Waals surface area contributed by atoms with E-state index in [0.717, 1.165) is 12.8 Å². The first kappa shape index (κ1) is 11.7. The standard InChI is InChI=1S/C10H11ClN4O2/c1-2-3-4-5-15-7-6(12-9(11)13-7)8(16)14-10(15)17/h2H,1,3-5H2,(H,12,13)(H,14,16,17). The van der Waals surface area contributed by atoms with Crippen LogP contribution < -0.4 is 11.2 Å². The number of imidazole rings is 1. The van der Waals surface area contributed by atoms with Crippen LogP contribution in [0.5, 0.6) is 0 Å². The van der Waals surface area contributed by atoms with Crippen molar-refractivity contribution >= 4 is 22.8 Å². The fraction of sp³-hybridized carbons (Fsp3) is 0.300. The van der Waals surface area contributed by atoms with E-state index in [1.807, 2.05) is 0 Å². The minimum atomic E-state index is -0.510. The maximum atomic E-state index is 11.6. The van der Waals surface area contributed by atoms with E-state index in [0.29, 0.717) is 6.54 Å². The average molecular weight is 255 g/mol. The first-order chi connectivity index (χ1) is 8.13. The summed E-state index contributed by atoms with van der Waals surface area (Å²) in [7, 11) is 0. The van der Waals surface area contributed by atoms with Crippen molar-refractivity contribution in [2.45, 2.75) is 19.4 Å². The van der Waals surface area contributed by atoms with Crippen molar-refractivity contribution in [1.82, 2.24) is 19.5 Å². The Morgan fingerprint density at radius 3 is 2.88 bits per heavy atom. The SMILES string of the molecule is C=CCCCn1c(=O)[nH]c(=O)c2[nH]c(Cl)nc21. The van der Waals surface area contributed by atoms with E-state index in [4.69, 9.17) is 11.6 Å². The first-order valence-electron chi connectivity index (χ1n) is 5.12. The lowest BCUT2D eigenvalue weighted by Gasteiger charge is -2.03. The van der Waals surface area contributed by atoms with Gasteiger partial charge >= 0.3 is 5.69 Å². The fourth-order valence-electron chi connectivity index (χ4n) is 1.61. The van der Waals surface area contributed by atoms with Gasteiger partial charge in [0.15, 0.2) is 11.2 Å². The third kappa shape index (κ3) is 2.16. The summed E-state index contributed by atoms with van der Waals surface area (Å²) in [6, 6.07) is 0. The van der Waals surface area contributed by atoms with Gasteiger partial charge in [-0.25, -0.2) is 4.79 Å². The van der Waals surface area contributed by atoms with Gasteiger partial charge in [-0.05, 0) is 24.4 Å². The molecule has 90 valence electrons. The Balaban J connectivity index is 2.56. The van der Waals surface area contributed by atoms with E-state index in [2.05, 4.69) is 21.5 Å². The summed E-state index contributed by atoms with van der Waals surface area (Å²) in [5, 5.41) is 0.0913. The van der Waals surface area contributed by atoms with Gasteiger partial charge in [0.25, 0.3) is 5.56 Å². The van der Waals surface area contributed by atoms with Crippen molar-refractivity contribution in [3.8, 4) is 0 Å². The van der Waals surface area contributed by atoms with Gasteiger partial charge < -0.3 is 4.98 Å². The first-order valence-corrected chi connectivity index (χ1v) is 5.50. The van der Waals surface area contributed by atoms with Crippen molar-refractivity contribution < 1.29 is 0 Å². The summed E-state index contributed by atoms with van der Waals surface area (Å²) in [6.45, 7) is 4.06. The number of rotatable bonds is 4. The third-order valence-electron chi connectivity index (χ3n) is 2.39. The zero-order chi connectivity index (χ0) is 12.4. The monoisotopic (exact) mass is 254 g/mol. The quantitative estimate of drug-likeness (QED) is 0.486. The molecule has 0 bridgehead atoms. The van der Waals surface area contributed by atoms with Crippen LogP contribution in [0.25, 0.3) is 11.2 Å². The summed E-state index contributed by atoms with van der Waals surface area (Å²) in [5.41, 5.74) is -0.486. The smallest absolute Gasteiger partial charge is 0.323 e. The van der Waals surface area contributed by atoms with Gasteiger partial charge in [0.05, 0.1) is 0 Å². The van der Waals surface area contributed by atoms with Crippen molar-refractivity contribution in [2.24, 2.45) is 0 Å². The van der Waals surface area contributed by atoms with Gasteiger partial charge in [-0.3, -0.25) is 14.3 Å². The van der Waals surface area contributed by atoms with Gasteiger partial charge in [-0.15, -0.1) is 6.58 Å². The van der Waals surface area contributed by atoms with E-state index >= 15 is 0 Å². The number of hydrogen-bond donors (Lipinski definition) is 2. The molecule has 2 aromatic heterocycles. The van der Waals surface area contributed by atoms with E-state index < -0.39 is 11.2 Å². The molecule has 2 rings (SSSR count). The largest absolute Gasteiger partial charge is 0.330 e. The van der Waals surface area contributed by atoms with Crippen molar-refractivity contribution in [2.75, 3.05) is 0 Å². The van der Waals surface area contributed by atoms with Crippen LogP contribution in [-0.4, -0.2) is 19.5 Å². The highest BCUT2D eigenvalue weighted by Crippen LogP contribution is 2.09. The molecule has 0 radical (unpaired) electrons. The highest BCUT2D eigenvalue weighted by atomic mass is 35.5. The molecule has 2 aromatic rings. The molecule has 2 heterocycles. The Morgan fingerprint density at radius 2 is 2.18 bits per heavy atom. The van der Waals surface area contributed by atoms with E-state index in [-0.39, 0.29) is 16.4 Å². The molecular formula is C10H11ClN4O2. The second-order valence-electron chi connectivity index (χ2n) is 3.57. The lowest BCUT2D eigenvalue weighted by molar-refractivity contribution is 0.629. The fourth-order valence-corrected chi connectivity index (χ4v) is 1.79. The van der Waals surface area contributed by atoms with E-state index in [1.165, 1.54) is 4.57 Å². The summed E-state index contributed by atoms with van der Waals surface area (Å²) in [4.78, 5) is 31.9. The van der Waals surface area contributed by atoms with Crippen LogP contribution in [0.1, 0.15) is 12.8 Å². The molecule has 0 saturated carbocycles. The maximum absolute atomic E-state index is 11.6. The molecule has 0 unspecified atom stereocenters. The molecule has 0 spiro atoms. The lowest BCUT2D eigenvalue weighted by atomic mass is 10.3. The number of nitrogens with zero attached hydrogens (tertiary/aromatic N) is 2. The zero-order valence-corrected chi connectivity index (χ0v) is 9.75. The van der Waals surface area contributed by atoms with Gasteiger partial charge in [-0.2, -0.15) is 4.98 Å². The maximum Gasteiger partial charge on any atom is 0.330 e. The predicted octanol–water partition coefficient (Wildman–Crippen LogP) is 1.03. The van der Waals surface area contributed by atoms with Gasteiger partial charge in [0.2, 0.25) is 5.28 Å². The van der Waals surface area contributed by atoms with E-state index in [9.17, 15) is 9.59 Å². The number of halogens is 1. The van der Waals surface area contributed by atoms with Crippen LogP contribution in [0.2, 0.25) is 5.28 Å². The normalized spacial score (nSPS) is 10.9. The number of allylic oxidation sites excluding steroid dienone is 1. The molecule has 0 saturated heterocycles. The lowest BCUT2D eigenvalue weighted by Crippen LogP contribution is -2.30. The molecule has 0 aromatic carbocycles. The van der Waals surface area contributed by atoms with Gasteiger partial charge in [0.1, 0.15) is 0 Å². The highest BCUT2D eigenvalue weighted by Gasteiger charge is 2.11. The summed E-state index contributed by atoms with van der Waals surface area (Å²) >= 11 is 5.69. The zero-order valence-electron chi connectivity index (χ0n) is 8.99. The Bertz CT molecular complexity index is 667. The minimum absolute atomic E-state index is 0.0913. The molecule has 0 aliphatic heterocycles. The minimum Gasteiger partial charge on any atom is -0.323 e. The van der Waals surface area contributed by atoms with Crippen LogP contribution in [-0.2, 0) is 6.54 Å². The summed E-state index contributed by atoms with van der Waals surface area (Å²) < 4.78 is 1.39. The molecule has 0 fully saturated rings. The molecule has 0 atom stereocenters. The van der Waals surface area contributed by atoms with Crippen LogP contribution >= 0.6 is 11.6 Å². The molecular weight excluding hydrogens is 244 g/mol. The molecule has 2 N–H and O–H groups in total. The van der Waals surface area contributed by atoms with Gasteiger partial charge in [-0.1, -0.05) is 6.08 Å². The predicted molar refractivity (Wildman–Crippen MR) is 65.4 cm³/mol. The number of nitrogens with one attached hydrogen (secondary N) is 2. The van der Waals surface area contributed by atoms with E-state index in [1.54, 1.807) is 6.08 Å². The van der Waals surface area contributed by atoms with Crippen LogP contribution in [0, 0.1) is 0 Å². The van der Waals surface area contributed by atoms with Crippen molar-refractivity contribution in [1.29, 1.82) is 0 Å². The van der Waals surface area contributed by atoms with Crippen LogP contribution in [0.4, 0.5) is 0 Å². The van der Waals surface area contributed by atoms with Crippen LogP contribution in [0.3, 0.4) is 0 Å². The molecule has 0 aliphatic rings. The summed E-state index contributed by atoms with van der Waals surface area (Å²) in [5.74, 6) is 0. The second kappa shape index (κ2) is 4.58. The average Bonchev–Trinajstić information content (AvgIpc) is 2.65. The number of aromatic nitrogens is 4. The molecule has 17 heavy (non-hydrogen) atoms. The van der Waals surface area contributed by atoms with Crippen LogP contribution in [0.15, 0.2) is 22.2 Å².